The summed E-state index contributed by atoms with van der Waals surface area (Å²) >= 11 is 0. The molecule has 4 rings (SSSR count). The first-order valence-electron chi connectivity index (χ1n) is 9.40. The lowest BCUT2D eigenvalue weighted by Gasteiger charge is -2.24. The quantitative estimate of drug-likeness (QED) is 0.698. The molecule has 0 saturated carbocycles. The number of anilines is 1. The van der Waals surface area contributed by atoms with Gasteiger partial charge in [0.25, 0.3) is 11.8 Å². The molecule has 0 bridgehead atoms. The van der Waals surface area contributed by atoms with Crippen molar-refractivity contribution in [2.45, 2.75) is 19.4 Å². The zero-order valence-corrected chi connectivity index (χ0v) is 15.6. The number of rotatable bonds is 5. The summed E-state index contributed by atoms with van der Waals surface area (Å²) in [6.45, 7) is 1.20. The third-order valence-electron chi connectivity index (χ3n) is 5.00. The van der Waals surface area contributed by atoms with E-state index in [2.05, 4.69) is 20.7 Å². The Bertz CT molecular complexity index is 1020. The highest BCUT2D eigenvalue weighted by atomic mass is 19.1. The molecular formula is C21H20FN5O2. The number of hydrogen-bond acceptors (Lipinski definition) is 4. The molecular weight excluding hydrogens is 373 g/mol. The van der Waals surface area contributed by atoms with E-state index in [0.717, 1.165) is 12.1 Å². The lowest BCUT2D eigenvalue weighted by Crippen LogP contribution is -2.33. The maximum atomic E-state index is 13.0. The molecule has 1 aliphatic heterocycles. The largest absolute Gasteiger partial charge is 0.352 e. The summed E-state index contributed by atoms with van der Waals surface area (Å²) in [5, 5.41) is 10.0. The Morgan fingerprint density at radius 1 is 1.14 bits per heavy atom. The van der Waals surface area contributed by atoms with E-state index in [1.807, 2.05) is 4.68 Å². The molecule has 3 aromatic rings. The fourth-order valence-corrected chi connectivity index (χ4v) is 3.43. The van der Waals surface area contributed by atoms with Crippen LogP contribution in [0.25, 0.3) is 0 Å². The van der Waals surface area contributed by atoms with Gasteiger partial charge in [-0.2, -0.15) is 5.10 Å². The van der Waals surface area contributed by atoms with Crippen molar-refractivity contribution >= 4 is 17.5 Å². The molecule has 2 N–H and O–H groups in total. The highest BCUT2D eigenvalue weighted by Gasteiger charge is 2.25. The number of fused-ring (bicyclic) bond motifs is 1. The molecule has 0 spiro atoms. The fourth-order valence-electron chi connectivity index (χ4n) is 3.43. The number of aromatic nitrogens is 3. The molecule has 0 fully saturated rings. The van der Waals surface area contributed by atoms with Crippen molar-refractivity contribution in [3.8, 4) is 0 Å². The van der Waals surface area contributed by atoms with Crippen LogP contribution in [0, 0.1) is 11.7 Å². The summed E-state index contributed by atoms with van der Waals surface area (Å²) in [4.78, 5) is 28.8. The molecule has 0 saturated heterocycles. The van der Waals surface area contributed by atoms with Gasteiger partial charge in [0, 0.05) is 31.2 Å². The van der Waals surface area contributed by atoms with Gasteiger partial charge >= 0.3 is 0 Å². The number of benzene rings is 1. The molecule has 3 heterocycles. The summed E-state index contributed by atoms with van der Waals surface area (Å²) in [5.74, 6) is -0.594. The summed E-state index contributed by atoms with van der Waals surface area (Å²) in [5.41, 5.74) is 2.38. The normalized spacial score (nSPS) is 15.4. The van der Waals surface area contributed by atoms with Gasteiger partial charge in [0.1, 0.15) is 5.82 Å². The van der Waals surface area contributed by atoms with Gasteiger partial charge in [-0.1, -0.05) is 0 Å². The van der Waals surface area contributed by atoms with E-state index in [9.17, 15) is 14.0 Å². The van der Waals surface area contributed by atoms with Crippen molar-refractivity contribution in [3.63, 3.8) is 0 Å². The maximum absolute atomic E-state index is 13.0. The molecule has 8 heteroatoms. The number of amides is 2. The molecule has 2 aromatic heterocycles. The summed E-state index contributed by atoms with van der Waals surface area (Å²) in [6, 6.07) is 9.06. The number of hydrogen-bond donors (Lipinski definition) is 2. The number of nitrogens with one attached hydrogen (secondary N) is 2. The van der Waals surface area contributed by atoms with Gasteiger partial charge in [0.05, 0.1) is 23.0 Å². The Balaban J connectivity index is 1.40. The number of pyridine rings is 1. The second-order valence-corrected chi connectivity index (χ2v) is 7.00. The van der Waals surface area contributed by atoms with Crippen LogP contribution in [0.4, 0.5) is 10.1 Å². The molecule has 0 radical (unpaired) electrons. The summed E-state index contributed by atoms with van der Waals surface area (Å²) in [6.07, 6.45) is 6.21. The standard InChI is InChI=1S/C21H20FN5O2/c22-16-3-5-17(6-4-16)26-21(29)18-13-25-27-9-7-14(10-19(18)27)11-24-20(28)15-2-1-8-23-12-15/h1-6,8,12-14H,7,9-11H2,(H,24,28)(H,26,29). The number of carbonyl (C=O) groups is 2. The van der Waals surface area contributed by atoms with Crippen LogP contribution in [0.5, 0.6) is 0 Å². The van der Waals surface area contributed by atoms with Gasteiger partial charge in [-0.05, 0) is 55.2 Å². The lowest BCUT2D eigenvalue weighted by atomic mass is 9.94. The van der Waals surface area contributed by atoms with Gasteiger partial charge in [-0.25, -0.2) is 4.39 Å². The molecule has 1 aliphatic rings. The summed E-state index contributed by atoms with van der Waals surface area (Å²) in [7, 11) is 0. The monoisotopic (exact) mass is 393 g/mol. The Labute approximate surface area is 167 Å². The second kappa shape index (κ2) is 8.22. The molecule has 0 aliphatic carbocycles. The van der Waals surface area contributed by atoms with Gasteiger partial charge in [0.15, 0.2) is 0 Å². The smallest absolute Gasteiger partial charge is 0.259 e. The molecule has 7 nitrogen and oxygen atoms in total. The zero-order chi connectivity index (χ0) is 20.2. The van der Waals surface area contributed by atoms with Crippen LogP contribution in [-0.2, 0) is 13.0 Å². The molecule has 148 valence electrons. The van der Waals surface area contributed by atoms with Crippen LogP contribution in [0.1, 0.15) is 32.8 Å². The molecule has 1 unspecified atom stereocenters. The van der Waals surface area contributed by atoms with Gasteiger partial charge < -0.3 is 10.6 Å². The van der Waals surface area contributed by atoms with E-state index in [1.54, 1.807) is 24.5 Å². The van der Waals surface area contributed by atoms with E-state index in [0.29, 0.717) is 36.3 Å². The first kappa shape index (κ1) is 18.8. The minimum absolute atomic E-state index is 0.161. The number of nitrogens with zero attached hydrogens (tertiary/aromatic N) is 3. The number of carbonyl (C=O) groups excluding carboxylic acids is 2. The third kappa shape index (κ3) is 4.31. The fraction of sp³-hybridized carbons (Fsp3) is 0.238. The average molecular weight is 393 g/mol. The Morgan fingerprint density at radius 2 is 1.97 bits per heavy atom. The topological polar surface area (TPSA) is 88.9 Å². The maximum Gasteiger partial charge on any atom is 0.259 e. The number of halogens is 1. The SMILES string of the molecule is O=C(NCC1CCn2ncc(C(=O)Nc3ccc(F)cc3)c2C1)c1cccnc1. The van der Waals surface area contributed by atoms with Crippen molar-refractivity contribution in [2.24, 2.45) is 5.92 Å². The first-order valence-corrected chi connectivity index (χ1v) is 9.40. The highest BCUT2D eigenvalue weighted by Crippen LogP contribution is 2.23. The Kier molecular flexibility index (Phi) is 5.33. The molecule has 29 heavy (non-hydrogen) atoms. The van der Waals surface area contributed by atoms with Crippen LogP contribution >= 0.6 is 0 Å². The minimum atomic E-state index is -0.359. The van der Waals surface area contributed by atoms with Crippen LogP contribution in [0.2, 0.25) is 0 Å². The van der Waals surface area contributed by atoms with Gasteiger partial charge in [0.2, 0.25) is 0 Å². The van der Waals surface area contributed by atoms with Gasteiger partial charge in [-0.3, -0.25) is 19.3 Å². The van der Waals surface area contributed by atoms with E-state index in [1.165, 1.54) is 30.5 Å². The molecule has 1 aromatic carbocycles. The van der Waals surface area contributed by atoms with E-state index in [-0.39, 0.29) is 23.5 Å². The Hall–Kier alpha value is -3.55. The molecule has 2 amide bonds. The van der Waals surface area contributed by atoms with E-state index < -0.39 is 0 Å². The van der Waals surface area contributed by atoms with Crippen molar-refractivity contribution in [2.75, 3.05) is 11.9 Å². The zero-order valence-electron chi connectivity index (χ0n) is 15.6. The first-order chi connectivity index (χ1) is 14.1. The van der Waals surface area contributed by atoms with E-state index in [4.69, 9.17) is 0 Å². The van der Waals surface area contributed by atoms with Crippen LogP contribution in [0.3, 0.4) is 0 Å². The van der Waals surface area contributed by atoms with Crippen LogP contribution in [-0.4, -0.2) is 33.1 Å². The second-order valence-electron chi connectivity index (χ2n) is 7.00. The Morgan fingerprint density at radius 3 is 2.72 bits per heavy atom. The minimum Gasteiger partial charge on any atom is -0.352 e. The molecule has 1 atom stereocenters. The highest BCUT2D eigenvalue weighted by molar-refractivity contribution is 6.05. The number of aryl methyl sites for hydroxylation is 1. The van der Waals surface area contributed by atoms with Crippen molar-refractivity contribution in [3.05, 3.63) is 77.6 Å². The van der Waals surface area contributed by atoms with Crippen molar-refractivity contribution < 1.29 is 14.0 Å². The van der Waals surface area contributed by atoms with Crippen molar-refractivity contribution in [1.82, 2.24) is 20.1 Å². The van der Waals surface area contributed by atoms with Crippen LogP contribution < -0.4 is 10.6 Å². The predicted octanol–water partition coefficient (Wildman–Crippen LogP) is 2.66. The average Bonchev–Trinajstić information content (AvgIpc) is 3.17. The van der Waals surface area contributed by atoms with E-state index >= 15 is 0 Å². The summed E-state index contributed by atoms with van der Waals surface area (Å²) < 4.78 is 14.9. The predicted molar refractivity (Wildman–Crippen MR) is 105 cm³/mol. The van der Waals surface area contributed by atoms with Gasteiger partial charge in [-0.15, -0.1) is 0 Å². The van der Waals surface area contributed by atoms with Crippen LogP contribution in [0.15, 0.2) is 55.0 Å². The van der Waals surface area contributed by atoms with Crippen molar-refractivity contribution in [1.29, 1.82) is 0 Å². The third-order valence-corrected chi connectivity index (χ3v) is 5.00. The lowest BCUT2D eigenvalue weighted by molar-refractivity contribution is 0.0942.